The number of aliphatic hydroxyl groups excluding tert-OH is 1. The number of hydrazine groups is 1. The molecule has 164 valence electrons. The molecule has 1 aromatic carbocycles. The van der Waals surface area contributed by atoms with Crippen LogP contribution in [0, 0.1) is 11.7 Å². The second-order valence-electron chi connectivity index (χ2n) is 7.46. The van der Waals surface area contributed by atoms with E-state index in [0.717, 1.165) is 13.0 Å². The lowest BCUT2D eigenvalue weighted by Gasteiger charge is -2.19. The molecule has 0 unspecified atom stereocenters. The number of nitrogens with zero attached hydrogens (tertiary/aromatic N) is 4. The van der Waals surface area contributed by atoms with Crippen LogP contribution in [0.3, 0.4) is 0 Å². The Hall–Kier alpha value is -3.43. The molecule has 0 radical (unpaired) electrons. The minimum atomic E-state index is -0.443. The van der Waals surface area contributed by atoms with Gasteiger partial charge in [0.05, 0.1) is 11.9 Å². The number of nitrogen functional groups attached to an aromatic ring is 1. The molecule has 0 amide bonds. The quantitative estimate of drug-likeness (QED) is 0.178. The van der Waals surface area contributed by atoms with Gasteiger partial charge in [-0.3, -0.25) is 10.5 Å². The van der Waals surface area contributed by atoms with E-state index in [0.29, 0.717) is 46.0 Å². The summed E-state index contributed by atoms with van der Waals surface area (Å²) >= 11 is 0. The smallest absolute Gasteiger partial charge is 0.133 e. The maximum absolute atomic E-state index is 14.7. The van der Waals surface area contributed by atoms with Crippen molar-refractivity contribution in [1.82, 2.24) is 14.7 Å². The number of aliphatic imine (C=N–C) groups is 1. The highest BCUT2D eigenvalue weighted by Crippen LogP contribution is 2.33. The predicted octanol–water partition coefficient (Wildman–Crippen LogP) is 2.22. The maximum Gasteiger partial charge on any atom is 0.133 e. The van der Waals surface area contributed by atoms with Crippen LogP contribution in [0.1, 0.15) is 12.0 Å². The summed E-state index contributed by atoms with van der Waals surface area (Å²) in [6.45, 7) is 9.34. The Morgan fingerprint density at radius 2 is 2.26 bits per heavy atom. The molecule has 1 atom stereocenters. The van der Waals surface area contributed by atoms with Crippen molar-refractivity contribution in [3.63, 3.8) is 0 Å². The molecular formula is C22H28FN7O. The number of hydrogen-bond acceptors (Lipinski definition) is 6. The minimum Gasteiger partial charge on any atom is -0.398 e. The van der Waals surface area contributed by atoms with Gasteiger partial charge in [0.25, 0.3) is 0 Å². The molecule has 1 aliphatic heterocycles. The Bertz CT molecular complexity index is 1040. The SMILES string of the molecule is C=C/N=C(\C=C(/N)C(=C)c1cc(-c2cnn(C)c2)c(F)cc1NN)N1CC[C@H](CO)C1. The van der Waals surface area contributed by atoms with E-state index in [1.54, 1.807) is 36.3 Å². The van der Waals surface area contributed by atoms with E-state index in [2.05, 4.69) is 28.7 Å². The summed E-state index contributed by atoms with van der Waals surface area (Å²) in [6.07, 6.45) is 7.32. The average Bonchev–Trinajstić information content (AvgIpc) is 3.41. The van der Waals surface area contributed by atoms with Gasteiger partial charge in [-0.2, -0.15) is 5.10 Å². The molecule has 0 aliphatic carbocycles. The first-order valence-corrected chi connectivity index (χ1v) is 9.88. The van der Waals surface area contributed by atoms with Crippen molar-refractivity contribution in [2.24, 2.45) is 29.5 Å². The highest BCUT2D eigenvalue weighted by Gasteiger charge is 2.24. The van der Waals surface area contributed by atoms with E-state index in [1.807, 2.05) is 4.90 Å². The number of halogens is 1. The van der Waals surface area contributed by atoms with Gasteiger partial charge < -0.3 is 21.2 Å². The molecule has 1 aromatic heterocycles. The van der Waals surface area contributed by atoms with Crippen LogP contribution in [-0.4, -0.2) is 45.3 Å². The molecular weight excluding hydrogens is 397 g/mol. The van der Waals surface area contributed by atoms with Crippen LogP contribution in [0.2, 0.25) is 0 Å². The van der Waals surface area contributed by atoms with Crippen LogP contribution < -0.4 is 17.0 Å². The number of anilines is 1. The second kappa shape index (κ2) is 9.59. The summed E-state index contributed by atoms with van der Waals surface area (Å²) in [5.41, 5.74) is 11.6. The number of allylic oxidation sites excluding steroid dienone is 1. The summed E-state index contributed by atoms with van der Waals surface area (Å²) in [7, 11) is 1.76. The summed E-state index contributed by atoms with van der Waals surface area (Å²) in [4.78, 5) is 6.37. The zero-order valence-corrected chi connectivity index (χ0v) is 17.6. The number of nitrogens with one attached hydrogen (secondary N) is 1. The number of aromatic nitrogens is 2. The summed E-state index contributed by atoms with van der Waals surface area (Å²) in [5, 5.41) is 13.5. The van der Waals surface area contributed by atoms with E-state index < -0.39 is 5.82 Å². The van der Waals surface area contributed by atoms with Crippen LogP contribution in [0.15, 0.2) is 60.6 Å². The molecule has 6 N–H and O–H groups in total. The number of benzene rings is 1. The van der Waals surface area contributed by atoms with Crippen molar-refractivity contribution in [2.75, 3.05) is 25.1 Å². The van der Waals surface area contributed by atoms with Gasteiger partial charge in [0.15, 0.2) is 0 Å². The Morgan fingerprint density at radius 1 is 1.48 bits per heavy atom. The molecule has 1 saturated heterocycles. The molecule has 3 rings (SSSR count). The second-order valence-corrected chi connectivity index (χ2v) is 7.46. The lowest BCUT2D eigenvalue weighted by molar-refractivity contribution is 0.232. The van der Waals surface area contributed by atoms with Gasteiger partial charge in [0, 0.05) is 73.5 Å². The van der Waals surface area contributed by atoms with Crippen molar-refractivity contribution >= 4 is 17.1 Å². The van der Waals surface area contributed by atoms with Gasteiger partial charge >= 0.3 is 0 Å². The maximum atomic E-state index is 14.7. The number of aryl methyl sites for hydroxylation is 1. The third-order valence-electron chi connectivity index (χ3n) is 5.33. The molecule has 0 spiro atoms. The number of amidine groups is 1. The topological polar surface area (TPSA) is 118 Å². The van der Waals surface area contributed by atoms with E-state index >= 15 is 0 Å². The van der Waals surface area contributed by atoms with Crippen molar-refractivity contribution in [1.29, 1.82) is 0 Å². The molecule has 1 aliphatic rings. The first-order chi connectivity index (χ1) is 14.9. The Labute approximate surface area is 181 Å². The standard InChI is InChI=1S/C22H28FN7O/c1-4-26-22(30-6-5-15(11-30)13-31)9-20(24)14(2)17-7-18(16-10-27-29(3)12-16)19(23)8-21(17)28-25/h4,7-10,12,15,28,31H,1-2,5-6,11,13,24-25H2,3H3/b20-9-,26-22+/t15-/m0/s1. The number of hydrogen-bond donors (Lipinski definition) is 4. The lowest BCUT2D eigenvalue weighted by atomic mass is 9.97. The molecule has 31 heavy (non-hydrogen) atoms. The third kappa shape index (κ3) is 4.84. The molecule has 1 fully saturated rings. The molecule has 2 aromatic rings. The summed E-state index contributed by atoms with van der Waals surface area (Å²) < 4.78 is 16.3. The number of nitrogens with two attached hydrogens (primary N) is 2. The number of rotatable bonds is 7. The number of aliphatic hydroxyl groups is 1. The fraction of sp³-hybridized carbons (Fsp3) is 0.273. The molecule has 2 heterocycles. The Balaban J connectivity index is 1.96. The van der Waals surface area contributed by atoms with Gasteiger partial charge in [-0.25, -0.2) is 9.38 Å². The monoisotopic (exact) mass is 425 g/mol. The first-order valence-electron chi connectivity index (χ1n) is 9.88. The van der Waals surface area contributed by atoms with Crippen LogP contribution in [0.4, 0.5) is 10.1 Å². The summed E-state index contributed by atoms with van der Waals surface area (Å²) in [6, 6.07) is 2.95. The minimum absolute atomic E-state index is 0.127. The fourth-order valence-electron chi connectivity index (χ4n) is 3.60. The van der Waals surface area contributed by atoms with E-state index in [4.69, 9.17) is 11.6 Å². The van der Waals surface area contributed by atoms with E-state index in [9.17, 15) is 9.50 Å². The highest BCUT2D eigenvalue weighted by atomic mass is 19.1. The van der Waals surface area contributed by atoms with Gasteiger partial charge in [0.1, 0.15) is 11.7 Å². The third-order valence-corrected chi connectivity index (χ3v) is 5.33. The van der Waals surface area contributed by atoms with Crippen LogP contribution in [0.25, 0.3) is 16.7 Å². The van der Waals surface area contributed by atoms with Crippen LogP contribution in [-0.2, 0) is 7.05 Å². The Morgan fingerprint density at radius 3 is 2.84 bits per heavy atom. The van der Waals surface area contributed by atoms with Crippen molar-refractivity contribution in [2.45, 2.75) is 6.42 Å². The van der Waals surface area contributed by atoms with Crippen molar-refractivity contribution in [3.8, 4) is 11.1 Å². The van der Waals surface area contributed by atoms with Gasteiger partial charge in [-0.05, 0) is 24.1 Å². The molecule has 0 saturated carbocycles. The summed E-state index contributed by atoms with van der Waals surface area (Å²) in [5.74, 6) is 6.00. The zero-order chi connectivity index (χ0) is 22.5. The zero-order valence-electron chi connectivity index (χ0n) is 17.6. The molecule has 0 bridgehead atoms. The van der Waals surface area contributed by atoms with Gasteiger partial charge in [0.2, 0.25) is 0 Å². The van der Waals surface area contributed by atoms with Gasteiger partial charge in [-0.15, -0.1) is 0 Å². The largest absolute Gasteiger partial charge is 0.398 e. The van der Waals surface area contributed by atoms with Gasteiger partial charge in [-0.1, -0.05) is 13.2 Å². The number of likely N-dealkylation sites (tertiary alicyclic amines) is 1. The normalized spacial score (nSPS) is 17.2. The van der Waals surface area contributed by atoms with E-state index in [-0.39, 0.29) is 12.5 Å². The molecule has 8 nitrogen and oxygen atoms in total. The van der Waals surface area contributed by atoms with Crippen molar-refractivity contribution < 1.29 is 9.50 Å². The van der Waals surface area contributed by atoms with E-state index in [1.165, 1.54) is 12.3 Å². The Kier molecular flexibility index (Phi) is 6.88. The van der Waals surface area contributed by atoms with Crippen molar-refractivity contribution in [3.05, 3.63) is 67.0 Å². The van der Waals surface area contributed by atoms with Crippen LogP contribution >= 0.6 is 0 Å². The molecule has 9 heteroatoms. The predicted molar refractivity (Wildman–Crippen MR) is 122 cm³/mol. The fourth-order valence-corrected chi connectivity index (χ4v) is 3.60. The highest BCUT2D eigenvalue weighted by molar-refractivity contribution is 5.98. The average molecular weight is 426 g/mol. The van der Waals surface area contributed by atoms with Crippen LogP contribution in [0.5, 0.6) is 0 Å². The lowest BCUT2D eigenvalue weighted by Crippen LogP contribution is -2.28. The first kappa shape index (κ1) is 22.3.